The van der Waals surface area contributed by atoms with E-state index in [1.807, 2.05) is 19.1 Å². The Kier molecular flexibility index (Phi) is 2.69. The predicted octanol–water partition coefficient (Wildman–Crippen LogP) is 3.98. The van der Waals surface area contributed by atoms with Gasteiger partial charge in [-0.15, -0.1) is 0 Å². The quantitative estimate of drug-likeness (QED) is 0.758. The van der Waals surface area contributed by atoms with E-state index in [9.17, 15) is 5.11 Å². The highest BCUT2D eigenvalue weighted by atomic mass is 16.3. The van der Waals surface area contributed by atoms with Crippen molar-refractivity contribution in [3.8, 4) is 16.9 Å². The second-order valence-electron chi connectivity index (χ2n) is 4.25. The summed E-state index contributed by atoms with van der Waals surface area (Å²) in [5.41, 5.74) is 5.91. The topological polar surface area (TPSA) is 20.2 Å². The Hall–Kier alpha value is -1.76. The summed E-state index contributed by atoms with van der Waals surface area (Å²) < 4.78 is 0. The lowest BCUT2D eigenvalue weighted by molar-refractivity contribution is 0.471. The smallest absolute Gasteiger partial charge is 0.118 e. The van der Waals surface area contributed by atoms with Gasteiger partial charge in [-0.2, -0.15) is 0 Å². The molecule has 0 amide bonds. The van der Waals surface area contributed by atoms with E-state index in [-0.39, 0.29) is 0 Å². The molecule has 0 unspecified atom stereocenters. The summed E-state index contributed by atoms with van der Waals surface area (Å²) in [4.78, 5) is 0. The van der Waals surface area contributed by atoms with E-state index in [4.69, 9.17) is 0 Å². The van der Waals surface area contributed by atoms with Gasteiger partial charge in [-0.05, 0) is 60.7 Å². The van der Waals surface area contributed by atoms with Crippen LogP contribution in [-0.4, -0.2) is 5.11 Å². The number of aryl methyl sites for hydroxylation is 2. The van der Waals surface area contributed by atoms with Gasteiger partial charge in [-0.1, -0.05) is 24.3 Å². The zero-order valence-corrected chi connectivity index (χ0v) is 9.91. The fourth-order valence-corrected chi connectivity index (χ4v) is 1.89. The molecule has 1 N–H and O–H groups in total. The molecule has 0 heterocycles. The van der Waals surface area contributed by atoms with E-state index in [1.165, 1.54) is 16.7 Å². The van der Waals surface area contributed by atoms with Crippen LogP contribution in [0.2, 0.25) is 0 Å². The number of hydrogen-bond donors (Lipinski definition) is 1. The number of benzene rings is 2. The zero-order chi connectivity index (χ0) is 11.7. The van der Waals surface area contributed by atoms with Gasteiger partial charge in [0.05, 0.1) is 0 Å². The first-order valence-corrected chi connectivity index (χ1v) is 5.46. The maximum absolute atomic E-state index is 9.51. The maximum atomic E-state index is 9.51. The van der Waals surface area contributed by atoms with Gasteiger partial charge in [0.15, 0.2) is 0 Å². The molecule has 0 aliphatic rings. The molecule has 0 aromatic heterocycles. The molecule has 0 saturated heterocycles. The van der Waals surface area contributed by atoms with Crippen molar-refractivity contribution < 1.29 is 5.11 Å². The molecule has 0 radical (unpaired) electrons. The molecule has 0 atom stereocenters. The largest absolute Gasteiger partial charge is 0.508 e. The first kappa shape index (κ1) is 10.7. The van der Waals surface area contributed by atoms with Crippen molar-refractivity contribution in [2.75, 3.05) is 0 Å². The first-order chi connectivity index (χ1) is 7.59. The molecule has 2 aromatic rings. The van der Waals surface area contributed by atoms with Crippen molar-refractivity contribution in [1.82, 2.24) is 0 Å². The molecule has 2 aromatic carbocycles. The van der Waals surface area contributed by atoms with Crippen LogP contribution >= 0.6 is 0 Å². The van der Waals surface area contributed by atoms with Gasteiger partial charge in [0, 0.05) is 0 Å². The van der Waals surface area contributed by atoms with Crippen LogP contribution in [0.25, 0.3) is 11.1 Å². The van der Waals surface area contributed by atoms with E-state index in [0.29, 0.717) is 5.75 Å². The third kappa shape index (κ3) is 1.81. The molecule has 1 nitrogen and oxygen atoms in total. The van der Waals surface area contributed by atoms with E-state index < -0.39 is 0 Å². The van der Waals surface area contributed by atoms with Crippen LogP contribution in [-0.2, 0) is 0 Å². The average molecular weight is 212 g/mol. The van der Waals surface area contributed by atoms with Crippen LogP contribution < -0.4 is 0 Å². The van der Waals surface area contributed by atoms with Crippen LogP contribution in [0, 0.1) is 20.8 Å². The lowest BCUT2D eigenvalue weighted by atomic mass is 9.96. The summed E-state index contributed by atoms with van der Waals surface area (Å²) in [5.74, 6) is 0.356. The first-order valence-electron chi connectivity index (χ1n) is 5.46. The second-order valence-corrected chi connectivity index (χ2v) is 4.25. The highest BCUT2D eigenvalue weighted by molar-refractivity contribution is 5.69. The van der Waals surface area contributed by atoms with Crippen molar-refractivity contribution in [1.29, 1.82) is 0 Å². The van der Waals surface area contributed by atoms with Gasteiger partial charge in [0.2, 0.25) is 0 Å². The molecule has 0 fully saturated rings. The molecular formula is C15H16O. The van der Waals surface area contributed by atoms with Crippen molar-refractivity contribution in [3.05, 3.63) is 53.1 Å². The van der Waals surface area contributed by atoms with Gasteiger partial charge in [-0.3, -0.25) is 0 Å². The summed E-state index contributed by atoms with van der Waals surface area (Å²) in [6.45, 7) is 6.17. The van der Waals surface area contributed by atoms with Crippen molar-refractivity contribution in [3.63, 3.8) is 0 Å². The van der Waals surface area contributed by atoms with Crippen molar-refractivity contribution in [2.45, 2.75) is 20.8 Å². The molecule has 0 bridgehead atoms. The van der Waals surface area contributed by atoms with Crippen LogP contribution in [0.5, 0.6) is 5.75 Å². The minimum Gasteiger partial charge on any atom is -0.508 e. The predicted molar refractivity (Wildman–Crippen MR) is 67.8 cm³/mol. The average Bonchev–Trinajstić information content (AvgIpc) is 2.26. The minimum absolute atomic E-state index is 0.356. The van der Waals surface area contributed by atoms with E-state index in [2.05, 4.69) is 32.0 Å². The fourth-order valence-electron chi connectivity index (χ4n) is 1.89. The third-order valence-corrected chi connectivity index (χ3v) is 3.11. The maximum Gasteiger partial charge on any atom is 0.118 e. The summed E-state index contributed by atoms with van der Waals surface area (Å²) in [7, 11) is 0. The molecule has 2 rings (SSSR count). The van der Waals surface area contributed by atoms with Crippen LogP contribution in [0.1, 0.15) is 16.7 Å². The standard InChI is InChI=1S/C15H16O/c1-10-5-4-6-14(12(10)3)13-7-8-15(16)11(2)9-13/h4-9,16H,1-3H3. The molecule has 1 heteroatoms. The summed E-state index contributed by atoms with van der Waals surface area (Å²) in [5, 5.41) is 9.51. The van der Waals surface area contributed by atoms with Gasteiger partial charge in [0.25, 0.3) is 0 Å². The number of phenols is 1. The Morgan fingerprint density at radius 1 is 0.875 bits per heavy atom. The highest BCUT2D eigenvalue weighted by Gasteiger charge is 2.05. The van der Waals surface area contributed by atoms with Crippen LogP contribution in [0.15, 0.2) is 36.4 Å². The number of aromatic hydroxyl groups is 1. The SMILES string of the molecule is Cc1cc(-c2cccc(C)c2C)ccc1O. The monoisotopic (exact) mass is 212 g/mol. The number of phenolic OH excluding ortho intramolecular Hbond substituents is 1. The van der Waals surface area contributed by atoms with Crippen molar-refractivity contribution >= 4 is 0 Å². The summed E-state index contributed by atoms with van der Waals surface area (Å²) in [6, 6.07) is 12.0. The van der Waals surface area contributed by atoms with Gasteiger partial charge >= 0.3 is 0 Å². The molecular weight excluding hydrogens is 196 g/mol. The van der Waals surface area contributed by atoms with Crippen LogP contribution in [0.3, 0.4) is 0 Å². The number of rotatable bonds is 1. The highest BCUT2D eigenvalue weighted by Crippen LogP contribution is 2.28. The molecule has 0 aliphatic heterocycles. The Bertz CT molecular complexity index is 527. The van der Waals surface area contributed by atoms with Crippen LogP contribution in [0.4, 0.5) is 0 Å². The minimum atomic E-state index is 0.356. The van der Waals surface area contributed by atoms with Gasteiger partial charge < -0.3 is 5.11 Å². The second kappa shape index (κ2) is 4.01. The molecule has 0 aliphatic carbocycles. The summed E-state index contributed by atoms with van der Waals surface area (Å²) >= 11 is 0. The molecule has 0 spiro atoms. The zero-order valence-electron chi connectivity index (χ0n) is 9.91. The molecule has 0 saturated carbocycles. The summed E-state index contributed by atoms with van der Waals surface area (Å²) in [6.07, 6.45) is 0. The lowest BCUT2D eigenvalue weighted by Gasteiger charge is -2.10. The molecule has 82 valence electrons. The third-order valence-electron chi connectivity index (χ3n) is 3.11. The fraction of sp³-hybridized carbons (Fsp3) is 0.200. The lowest BCUT2D eigenvalue weighted by Crippen LogP contribution is -1.87. The molecule has 16 heavy (non-hydrogen) atoms. The Morgan fingerprint density at radius 3 is 2.31 bits per heavy atom. The Labute approximate surface area is 96.4 Å². The van der Waals surface area contributed by atoms with E-state index in [0.717, 1.165) is 11.1 Å². The van der Waals surface area contributed by atoms with Crippen molar-refractivity contribution in [2.24, 2.45) is 0 Å². The van der Waals surface area contributed by atoms with Gasteiger partial charge in [0.1, 0.15) is 5.75 Å². The Balaban J connectivity index is 2.59. The number of hydrogen-bond acceptors (Lipinski definition) is 1. The normalized spacial score (nSPS) is 10.4. The van der Waals surface area contributed by atoms with E-state index in [1.54, 1.807) is 6.07 Å². The van der Waals surface area contributed by atoms with E-state index >= 15 is 0 Å². The Morgan fingerprint density at radius 2 is 1.62 bits per heavy atom. The van der Waals surface area contributed by atoms with Gasteiger partial charge in [-0.25, -0.2) is 0 Å².